The topological polar surface area (TPSA) is 122 Å². The minimum Gasteiger partial charge on any atom is -0.462 e. The van der Waals surface area contributed by atoms with E-state index in [1.165, 1.54) is 6.20 Å². The van der Waals surface area contributed by atoms with Crippen molar-refractivity contribution in [2.75, 3.05) is 36.1 Å². The van der Waals surface area contributed by atoms with Gasteiger partial charge in [0.15, 0.2) is 5.82 Å². The van der Waals surface area contributed by atoms with Crippen molar-refractivity contribution in [3.05, 3.63) is 42.1 Å². The van der Waals surface area contributed by atoms with E-state index in [2.05, 4.69) is 25.3 Å². The van der Waals surface area contributed by atoms with Crippen molar-refractivity contribution in [1.29, 1.82) is 0 Å². The zero-order valence-electron chi connectivity index (χ0n) is 15.9. The molecule has 9 nitrogen and oxygen atoms in total. The number of rotatable bonds is 11. The largest absolute Gasteiger partial charge is 0.462 e. The molecule has 0 amide bonds. The molecule has 0 aliphatic rings. The molecule has 0 fully saturated rings. The summed E-state index contributed by atoms with van der Waals surface area (Å²) in [4.78, 5) is 20.6. The molecule has 2 rings (SSSR count). The summed E-state index contributed by atoms with van der Waals surface area (Å²) in [6.07, 6.45) is 1.93. The first-order chi connectivity index (χ1) is 13.4. The number of benzene rings is 1. The third kappa shape index (κ3) is 6.78. The van der Waals surface area contributed by atoms with Crippen molar-refractivity contribution in [2.24, 2.45) is 0 Å². The van der Waals surface area contributed by atoms with Gasteiger partial charge in [-0.2, -0.15) is 4.98 Å². The third-order valence-corrected chi connectivity index (χ3v) is 5.11. The second-order valence-corrected chi connectivity index (χ2v) is 7.73. The number of nitrogens with zero attached hydrogens (tertiary/aromatic N) is 2. The molecular weight excluding hydrogens is 382 g/mol. The Labute approximate surface area is 165 Å². The van der Waals surface area contributed by atoms with Crippen molar-refractivity contribution in [3.8, 4) is 0 Å². The first-order valence-electron chi connectivity index (χ1n) is 9.02. The summed E-state index contributed by atoms with van der Waals surface area (Å²) in [7, 11) is -3.26. The van der Waals surface area contributed by atoms with Crippen LogP contribution in [0.4, 0.5) is 17.5 Å². The number of ether oxygens (including phenoxy) is 1. The number of sulfonamides is 1. The van der Waals surface area contributed by atoms with E-state index in [-0.39, 0.29) is 30.4 Å². The second-order valence-electron chi connectivity index (χ2n) is 5.81. The molecule has 1 heterocycles. The highest BCUT2D eigenvalue weighted by Gasteiger charge is 2.16. The predicted octanol–water partition coefficient (Wildman–Crippen LogP) is 2.14. The van der Waals surface area contributed by atoms with Crippen LogP contribution in [0.3, 0.4) is 0 Å². The number of para-hydroxylation sites is 1. The minimum absolute atomic E-state index is 0.0862. The van der Waals surface area contributed by atoms with E-state index in [1.54, 1.807) is 13.8 Å². The fraction of sp³-hybridized carbons (Fsp3) is 0.389. The Morgan fingerprint density at radius 1 is 1.14 bits per heavy atom. The molecule has 0 unspecified atom stereocenters. The molecule has 0 aliphatic heterocycles. The Bertz CT molecular complexity index is 875. The highest BCUT2D eigenvalue weighted by molar-refractivity contribution is 7.89. The number of carbonyl (C=O) groups is 1. The molecule has 1 aromatic carbocycles. The van der Waals surface area contributed by atoms with E-state index >= 15 is 0 Å². The molecule has 0 radical (unpaired) electrons. The summed E-state index contributed by atoms with van der Waals surface area (Å²) < 4.78 is 30.8. The van der Waals surface area contributed by atoms with Crippen LogP contribution in [-0.4, -0.2) is 49.8 Å². The number of hydrogen-bond acceptors (Lipinski definition) is 8. The smallest absolute Gasteiger partial charge is 0.343 e. The number of nitrogens with one attached hydrogen (secondary N) is 3. The first kappa shape index (κ1) is 21.6. The SMILES string of the molecule is CCCS(=O)(=O)NCCNc1ncc(C(=O)OCC)c(Nc2ccccc2)n1. The average Bonchev–Trinajstić information content (AvgIpc) is 2.66. The molecule has 1 aromatic heterocycles. The highest BCUT2D eigenvalue weighted by Crippen LogP contribution is 2.20. The number of anilines is 3. The van der Waals surface area contributed by atoms with Gasteiger partial charge in [0, 0.05) is 25.0 Å². The zero-order valence-corrected chi connectivity index (χ0v) is 16.8. The highest BCUT2D eigenvalue weighted by atomic mass is 32.2. The first-order valence-corrected chi connectivity index (χ1v) is 10.7. The normalized spacial score (nSPS) is 11.1. The van der Waals surface area contributed by atoms with Crippen LogP contribution in [0.25, 0.3) is 0 Å². The van der Waals surface area contributed by atoms with Crippen LogP contribution < -0.4 is 15.4 Å². The maximum Gasteiger partial charge on any atom is 0.343 e. The zero-order chi connectivity index (χ0) is 20.4. The predicted molar refractivity (Wildman–Crippen MR) is 108 cm³/mol. The van der Waals surface area contributed by atoms with E-state index in [4.69, 9.17) is 4.74 Å². The van der Waals surface area contributed by atoms with E-state index in [1.807, 2.05) is 30.3 Å². The van der Waals surface area contributed by atoms with Gasteiger partial charge in [-0.15, -0.1) is 0 Å². The van der Waals surface area contributed by atoms with Gasteiger partial charge >= 0.3 is 5.97 Å². The number of carbonyl (C=O) groups excluding carboxylic acids is 1. The minimum atomic E-state index is -3.26. The maximum atomic E-state index is 12.2. The summed E-state index contributed by atoms with van der Waals surface area (Å²) in [5.74, 6) is 0.123. The Morgan fingerprint density at radius 2 is 1.89 bits per heavy atom. The Balaban J connectivity index is 2.09. The second kappa shape index (κ2) is 10.6. The molecule has 0 aliphatic carbocycles. The summed E-state index contributed by atoms with van der Waals surface area (Å²) in [5.41, 5.74) is 0.963. The van der Waals surface area contributed by atoms with Gasteiger partial charge in [-0.25, -0.2) is 22.9 Å². The van der Waals surface area contributed by atoms with Crippen LogP contribution >= 0.6 is 0 Å². The standard InChI is InChI=1S/C18H25N5O4S/c1-3-12-28(25,26)21-11-10-19-18-20-13-15(17(24)27-4-2)16(23-18)22-14-8-6-5-7-9-14/h5-9,13,21H,3-4,10-12H2,1-2H3,(H2,19,20,22,23). The van der Waals surface area contributed by atoms with E-state index in [0.29, 0.717) is 18.8 Å². The lowest BCUT2D eigenvalue weighted by atomic mass is 10.2. The summed E-state index contributed by atoms with van der Waals surface area (Å²) in [5, 5.41) is 6.02. The van der Waals surface area contributed by atoms with Gasteiger partial charge in [-0.1, -0.05) is 25.1 Å². The molecule has 0 saturated heterocycles. The van der Waals surface area contributed by atoms with Gasteiger partial charge in [0.2, 0.25) is 16.0 Å². The lowest BCUT2D eigenvalue weighted by Gasteiger charge is -2.12. The van der Waals surface area contributed by atoms with Crippen molar-refractivity contribution in [1.82, 2.24) is 14.7 Å². The van der Waals surface area contributed by atoms with Gasteiger partial charge in [0.25, 0.3) is 0 Å². The quantitative estimate of drug-likeness (QED) is 0.382. The van der Waals surface area contributed by atoms with Gasteiger partial charge < -0.3 is 15.4 Å². The molecular formula is C18H25N5O4S. The van der Waals surface area contributed by atoms with Crippen molar-refractivity contribution in [2.45, 2.75) is 20.3 Å². The number of aromatic nitrogens is 2. The van der Waals surface area contributed by atoms with Gasteiger partial charge in [0.05, 0.1) is 12.4 Å². The molecule has 0 bridgehead atoms. The Morgan fingerprint density at radius 3 is 2.57 bits per heavy atom. The Kier molecular flexibility index (Phi) is 8.15. The third-order valence-electron chi connectivity index (χ3n) is 3.52. The van der Waals surface area contributed by atoms with E-state index in [0.717, 1.165) is 5.69 Å². The Hall–Kier alpha value is -2.72. The van der Waals surface area contributed by atoms with Crippen LogP contribution in [0.2, 0.25) is 0 Å². The lowest BCUT2D eigenvalue weighted by Crippen LogP contribution is -2.31. The van der Waals surface area contributed by atoms with Crippen LogP contribution in [0, 0.1) is 0 Å². The molecule has 0 saturated carbocycles. The lowest BCUT2D eigenvalue weighted by molar-refractivity contribution is 0.0526. The monoisotopic (exact) mass is 407 g/mol. The van der Waals surface area contributed by atoms with Crippen molar-refractivity contribution < 1.29 is 17.9 Å². The molecule has 0 atom stereocenters. The molecule has 28 heavy (non-hydrogen) atoms. The van der Waals surface area contributed by atoms with Crippen LogP contribution in [0.1, 0.15) is 30.6 Å². The summed E-state index contributed by atoms with van der Waals surface area (Å²) >= 11 is 0. The van der Waals surface area contributed by atoms with Gasteiger partial charge in [-0.3, -0.25) is 0 Å². The molecule has 152 valence electrons. The van der Waals surface area contributed by atoms with Crippen LogP contribution in [-0.2, 0) is 14.8 Å². The molecule has 10 heteroatoms. The van der Waals surface area contributed by atoms with Crippen molar-refractivity contribution >= 4 is 33.4 Å². The van der Waals surface area contributed by atoms with E-state index < -0.39 is 16.0 Å². The fourth-order valence-corrected chi connectivity index (χ4v) is 3.40. The summed E-state index contributed by atoms with van der Waals surface area (Å²) in [6.45, 7) is 4.26. The molecule has 3 N–H and O–H groups in total. The average molecular weight is 407 g/mol. The van der Waals surface area contributed by atoms with Gasteiger partial charge in [-0.05, 0) is 25.5 Å². The maximum absolute atomic E-state index is 12.2. The number of esters is 1. The summed E-state index contributed by atoms with van der Waals surface area (Å²) in [6, 6.07) is 9.27. The van der Waals surface area contributed by atoms with Crippen LogP contribution in [0.15, 0.2) is 36.5 Å². The molecule has 2 aromatic rings. The van der Waals surface area contributed by atoms with Crippen LogP contribution in [0.5, 0.6) is 0 Å². The van der Waals surface area contributed by atoms with Crippen molar-refractivity contribution in [3.63, 3.8) is 0 Å². The molecule has 0 spiro atoms. The van der Waals surface area contributed by atoms with E-state index in [9.17, 15) is 13.2 Å². The number of hydrogen-bond donors (Lipinski definition) is 3. The fourth-order valence-electron chi connectivity index (χ4n) is 2.30. The van der Waals surface area contributed by atoms with Gasteiger partial charge in [0.1, 0.15) is 5.56 Å².